The van der Waals surface area contributed by atoms with Gasteiger partial charge in [-0.25, -0.2) is 0 Å². The van der Waals surface area contributed by atoms with E-state index in [1.807, 2.05) is 0 Å². The first-order chi connectivity index (χ1) is 5.70. The van der Waals surface area contributed by atoms with E-state index in [-0.39, 0.29) is 63.2 Å². The Morgan fingerprint density at radius 2 is 1.67 bits per heavy atom. The molecule has 1 heterocycles. The predicted octanol–water partition coefficient (Wildman–Crippen LogP) is 1.28. The third kappa shape index (κ3) is 3.55. The molecule has 0 amide bonds. The normalized spacial score (nSPS) is 10.9. The van der Waals surface area contributed by atoms with Crippen LogP contribution >= 0.6 is 0 Å². The van der Waals surface area contributed by atoms with Crippen molar-refractivity contribution in [2.45, 2.75) is 20.8 Å². The van der Waals surface area contributed by atoms with E-state index in [1.54, 1.807) is 0 Å². The van der Waals surface area contributed by atoms with Crippen LogP contribution in [0.15, 0.2) is 6.07 Å². The molecule has 0 saturated heterocycles. The molecule has 79 valence electrons. The maximum Gasteiger partial charge on any atom is 0.207 e. The van der Waals surface area contributed by atoms with Crippen LogP contribution in [0.5, 0.6) is 5.75 Å². The van der Waals surface area contributed by atoms with Crippen molar-refractivity contribution >= 4 is 12.7 Å². The zero-order valence-corrected chi connectivity index (χ0v) is 17.8. The van der Waals surface area contributed by atoms with Gasteiger partial charge in [-0.05, 0) is 37.4 Å². The molecule has 1 nitrogen and oxygen atoms in total. The zero-order valence-electron chi connectivity index (χ0n) is 8.99. The van der Waals surface area contributed by atoms with Crippen molar-refractivity contribution in [2.75, 3.05) is 6.51 Å². The first kappa shape index (κ1) is 18.5. The summed E-state index contributed by atoms with van der Waals surface area (Å²) >= 11 is 0. The van der Waals surface area contributed by atoms with Gasteiger partial charge < -0.3 is 4.74 Å². The Labute approximate surface area is 135 Å². The van der Waals surface area contributed by atoms with E-state index < -0.39 is 0 Å². The SMILES string of the molecule is Cc1cc(C)c2c(c1C)[B]CO2.[W].[W].[W]. The van der Waals surface area contributed by atoms with E-state index in [0.29, 0.717) is 0 Å². The molecular weight excluding hydrogens is 698 g/mol. The topological polar surface area (TPSA) is 9.23 Å². The second-order valence-electron chi connectivity index (χ2n) is 3.39. The second kappa shape index (κ2) is 7.47. The van der Waals surface area contributed by atoms with E-state index in [9.17, 15) is 0 Å². The van der Waals surface area contributed by atoms with E-state index >= 15 is 0 Å². The molecule has 5 heteroatoms. The predicted molar refractivity (Wildman–Crippen MR) is 51.5 cm³/mol. The fraction of sp³-hybridized carbons (Fsp3) is 0.400. The number of hydrogen-bond acceptors (Lipinski definition) is 1. The first-order valence-corrected chi connectivity index (χ1v) is 4.27. The Morgan fingerprint density at radius 1 is 1.07 bits per heavy atom. The van der Waals surface area contributed by atoms with Crippen LogP contribution in [-0.4, -0.2) is 13.8 Å². The number of benzene rings is 1. The molecule has 2 rings (SSSR count). The van der Waals surface area contributed by atoms with E-state index in [4.69, 9.17) is 4.74 Å². The van der Waals surface area contributed by atoms with Crippen molar-refractivity contribution in [2.24, 2.45) is 0 Å². The molecule has 0 unspecified atom stereocenters. The Morgan fingerprint density at radius 3 is 2.27 bits per heavy atom. The third-order valence-electron chi connectivity index (χ3n) is 2.55. The monoisotopic (exact) mass is 711 g/mol. The summed E-state index contributed by atoms with van der Waals surface area (Å²) in [7, 11) is 2.16. The van der Waals surface area contributed by atoms with Gasteiger partial charge in [0.25, 0.3) is 0 Å². The van der Waals surface area contributed by atoms with Gasteiger partial charge >= 0.3 is 0 Å². The maximum atomic E-state index is 5.51. The van der Waals surface area contributed by atoms with Crippen molar-refractivity contribution in [3.63, 3.8) is 0 Å². The number of rotatable bonds is 0. The van der Waals surface area contributed by atoms with Crippen LogP contribution in [0.4, 0.5) is 0 Å². The molecule has 0 N–H and O–H groups in total. The van der Waals surface area contributed by atoms with Crippen LogP contribution in [0.25, 0.3) is 0 Å². The van der Waals surface area contributed by atoms with Gasteiger partial charge in [0.2, 0.25) is 7.28 Å². The summed E-state index contributed by atoms with van der Waals surface area (Å²) in [4.78, 5) is 0. The quantitative estimate of drug-likeness (QED) is 0.370. The largest absolute Gasteiger partial charge is 0.503 e. The maximum absolute atomic E-state index is 5.51. The number of aryl methyl sites for hydroxylation is 2. The summed E-state index contributed by atoms with van der Waals surface area (Å²) < 4.78 is 5.51. The van der Waals surface area contributed by atoms with Crippen molar-refractivity contribution in [1.29, 1.82) is 0 Å². The standard InChI is InChI=1S/C10H12BO.3W/c1-6-4-7(2)10-9(8(6)3)11-5-12-10;;;/h4H,5H2,1-3H3;;;. The minimum atomic E-state index is 0. The molecule has 0 saturated carbocycles. The van der Waals surface area contributed by atoms with E-state index in [2.05, 4.69) is 34.1 Å². The molecule has 0 atom stereocenters. The number of hydrogen-bond donors (Lipinski definition) is 0. The van der Waals surface area contributed by atoms with Gasteiger partial charge in [-0.15, -0.1) is 0 Å². The van der Waals surface area contributed by atoms with E-state index in [1.165, 1.54) is 22.2 Å². The Bertz CT molecular complexity index is 342. The number of fused-ring (bicyclic) bond motifs is 1. The smallest absolute Gasteiger partial charge is 0.207 e. The van der Waals surface area contributed by atoms with Gasteiger partial charge in [-0.3, -0.25) is 0 Å². The third-order valence-corrected chi connectivity index (χ3v) is 2.55. The van der Waals surface area contributed by atoms with E-state index in [0.717, 1.165) is 12.3 Å². The van der Waals surface area contributed by atoms with Crippen LogP contribution in [0, 0.1) is 20.8 Å². The van der Waals surface area contributed by atoms with Gasteiger partial charge in [0, 0.05) is 63.2 Å². The average Bonchev–Trinajstić information content (AvgIpc) is 2.48. The molecule has 1 aromatic rings. The van der Waals surface area contributed by atoms with Crippen molar-refractivity contribution in [1.82, 2.24) is 0 Å². The molecule has 1 aliphatic heterocycles. The molecule has 1 radical (unpaired) electrons. The number of ether oxygens (including phenoxy) is 1. The summed E-state index contributed by atoms with van der Waals surface area (Å²) in [6.07, 6.45) is 0. The van der Waals surface area contributed by atoms with Crippen LogP contribution in [0.1, 0.15) is 16.7 Å². The Balaban J connectivity index is 0. The van der Waals surface area contributed by atoms with Gasteiger partial charge in [-0.1, -0.05) is 11.6 Å². The molecule has 0 bridgehead atoms. The first-order valence-electron chi connectivity index (χ1n) is 4.27. The van der Waals surface area contributed by atoms with Crippen LogP contribution < -0.4 is 10.2 Å². The summed E-state index contributed by atoms with van der Waals surface area (Å²) in [6, 6.07) is 2.19. The van der Waals surface area contributed by atoms with Gasteiger partial charge in [0.15, 0.2) is 0 Å². The van der Waals surface area contributed by atoms with Crippen molar-refractivity contribution in [3.8, 4) is 5.75 Å². The van der Waals surface area contributed by atoms with Crippen LogP contribution in [0.2, 0.25) is 0 Å². The van der Waals surface area contributed by atoms with Crippen molar-refractivity contribution in [3.05, 3.63) is 22.8 Å². The van der Waals surface area contributed by atoms with Crippen LogP contribution in [-0.2, 0) is 63.2 Å². The van der Waals surface area contributed by atoms with Gasteiger partial charge in [0.1, 0.15) is 5.75 Å². The molecule has 0 fully saturated rings. The van der Waals surface area contributed by atoms with Crippen LogP contribution in [0.3, 0.4) is 0 Å². The molecule has 1 aromatic carbocycles. The van der Waals surface area contributed by atoms with Crippen molar-refractivity contribution < 1.29 is 67.9 Å². The molecule has 15 heavy (non-hydrogen) atoms. The zero-order chi connectivity index (χ0) is 8.72. The fourth-order valence-electron chi connectivity index (χ4n) is 1.74. The van der Waals surface area contributed by atoms with Gasteiger partial charge in [-0.2, -0.15) is 0 Å². The molecule has 0 aromatic heterocycles. The summed E-state index contributed by atoms with van der Waals surface area (Å²) in [5.74, 6) is 1.08. The molecular formula is C10H12BOW3. The fourth-order valence-corrected chi connectivity index (χ4v) is 1.74. The minimum Gasteiger partial charge on any atom is -0.503 e. The summed E-state index contributed by atoms with van der Waals surface area (Å²) in [6.45, 7) is 7.14. The average molecular weight is 711 g/mol. The Kier molecular flexibility index (Phi) is 9.22. The molecule has 1 aliphatic rings. The molecule has 0 aliphatic carbocycles. The summed E-state index contributed by atoms with van der Waals surface area (Å²) in [5, 5.41) is 0. The van der Waals surface area contributed by atoms with Gasteiger partial charge in [0.05, 0.1) is 6.51 Å². The molecule has 0 spiro atoms. The minimum absolute atomic E-state index is 0. The summed E-state index contributed by atoms with van der Waals surface area (Å²) in [5.41, 5.74) is 5.26. The Hall–Kier alpha value is 1.15. The second-order valence-corrected chi connectivity index (χ2v) is 3.39.